The maximum atomic E-state index is 12.0. The number of para-hydroxylation sites is 1. The van der Waals surface area contributed by atoms with Crippen molar-refractivity contribution in [1.29, 1.82) is 0 Å². The molecular formula is C18H21F3IN3O. The van der Waals surface area contributed by atoms with Crippen LogP contribution in [0.4, 0.5) is 18.9 Å². The van der Waals surface area contributed by atoms with Gasteiger partial charge >= 0.3 is 6.18 Å². The third kappa shape index (κ3) is 8.93. The Morgan fingerprint density at radius 3 is 2.38 bits per heavy atom. The molecule has 0 atom stereocenters. The van der Waals surface area contributed by atoms with E-state index >= 15 is 0 Å². The van der Waals surface area contributed by atoms with Gasteiger partial charge in [0.05, 0.1) is 0 Å². The highest BCUT2D eigenvalue weighted by Crippen LogP contribution is 2.24. The summed E-state index contributed by atoms with van der Waals surface area (Å²) in [4.78, 5) is 4.03. The number of guanidine groups is 1. The van der Waals surface area contributed by atoms with Gasteiger partial charge in [-0.2, -0.15) is 13.2 Å². The number of alkyl halides is 3. The van der Waals surface area contributed by atoms with Gasteiger partial charge in [0.15, 0.2) is 5.96 Å². The predicted octanol–water partition coefficient (Wildman–Crippen LogP) is 5.56. The van der Waals surface area contributed by atoms with Crippen molar-refractivity contribution in [3.05, 3.63) is 54.6 Å². The van der Waals surface area contributed by atoms with Crippen LogP contribution in [0.5, 0.6) is 11.5 Å². The number of hydrogen-bond donors (Lipinski definition) is 2. The van der Waals surface area contributed by atoms with Gasteiger partial charge in [0.25, 0.3) is 0 Å². The summed E-state index contributed by atoms with van der Waals surface area (Å²) in [5.74, 6) is 1.50. The van der Waals surface area contributed by atoms with Crippen molar-refractivity contribution in [3.63, 3.8) is 0 Å². The van der Waals surface area contributed by atoms with E-state index in [0.717, 1.165) is 0 Å². The summed E-state index contributed by atoms with van der Waals surface area (Å²) in [7, 11) is 0. The maximum absolute atomic E-state index is 12.0. The molecule has 0 radical (unpaired) electrons. The average molecular weight is 479 g/mol. The molecule has 0 bridgehead atoms. The fourth-order valence-corrected chi connectivity index (χ4v) is 2.09. The van der Waals surface area contributed by atoms with Gasteiger partial charge in [-0.25, -0.2) is 0 Å². The van der Waals surface area contributed by atoms with E-state index in [1.54, 1.807) is 18.2 Å². The molecule has 3 N–H and O–H groups in total. The number of unbranched alkanes of at least 4 members (excludes halogenated alkanes) is 1. The lowest BCUT2D eigenvalue weighted by Crippen LogP contribution is -2.22. The zero-order valence-electron chi connectivity index (χ0n) is 14.0. The van der Waals surface area contributed by atoms with E-state index in [0.29, 0.717) is 23.6 Å². The molecule has 0 fully saturated rings. The highest BCUT2D eigenvalue weighted by Gasteiger charge is 2.25. The van der Waals surface area contributed by atoms with Crippen LogP contribution in [-0.2, 0) is 0 Å². The fraction of sp³-hybridized carbons (Fsp3) is 0.278. The molecule has 2 rings (SSSR count). The minimum atomic E-state index is -4.12. The van der Waals surface area contributed by atoms with Crippen molar-refractivity contribution in [2.24, 2.45) is 10.7 Å². The average Bonchev–Trinajstić information content (AvgIpc) is 2.55. The smallest absolute Gasteiger partial charge is 0.389 e. The van der Waals surface area contributed by atoms with Gasteiger partial charge in [-0.15, -0.1) is 24.0 Å². The quantitative estimate of drug-likeness (QED) is 0.237. The van der Waals surface area contributed by atoms with Gasteiger partial charge in [-0.3, -0.25) is 4.99 Å². The summed E-state index contributed by atoms with van der Waals surface area (Å²) in [5.41, 5.74) is 6.44. The van der Waals surface area contributed by atoms with Gasteiger partial charge in [-0.05, 0) is 37.1 Å². The van der Waals surface area contributed by atoms with E-state index in [1.165, 1.54) is 0 Å². The summed E-state index contributed by atoms with van der Waals surface area (Å²) in [6.07, 6.45) is -4.54. The third-order valence-electron chi connectivity index (χ3n) is 3.24. The van der Waals surface area contributed by atoms with Gasteiger partial charge in [0, 0.05) is 24.7 Å². The Balaban J connectivity index is 0.00000338. The maximum Gasteiger partial charge on any atom is 0.389 e. The molecule has 0 saturated heterocycles. The number of anilines is 1. The molecule has 0 unspecified atom stereocenters. The second kappa shape index (κ2) is 10.9. The second-order valence-corrected chi connectivity index (χ2v) is 5.41. The largest absolute Gasteiger partial charge is 0.457 e. The first-order valence-electron chi connectivity index (χ1n) is 7.89. The fourth-order valence-electron chi connectivity index (χ4n) is 2.09. The highest BCUT2D eigenvalue weighted by atomic mass is 127. The number of aliphatic imine (C=N–C) groups is 1. The molecule has 8 heteroatoms. The molecule has 0 aliphatic carbocycles. The first-order valence-corrected chi connectivity index (χ1v) is 7.89. The lowest BCUT2D eigenvalue weighted by atomic mass is 10.2. The first-order chi connectivity index (χ1) is 11.9. The number of benzene rings is 2. The van der Waals surface area contributed by atoms with Crippen LogP contribution in [0.15, 0.2) is 59.6 Å². The predicted molar refractivity (Wildman–Crippen MR) is 108 cm³/mol. The molecule has 0 aliphatic heterocycles. The van der Waals surface area contributed by atoms with Crippen molar-refractivity contribution in [1.82, 2.24) is 0 Å². The van der Waals surface area contributed by atoms with E-state index in [2.05, 4.69) is 10.3 Å². The van der Waals surface area contributed by atoms with Crippen LogP contribution >= 0.6 is 24.0 Å². The Labute approximate surface area is 167 Å². The minimum Gasteiger partial charge on any atom is -0.457 e. The summed E-state index contributed by atoms with van der Waals surface area (Å²) >= 11 is 0. The van der Waals surface area contributed by atoms with Crippen molar-refractivity contribution < 1.29 is 17.9 Å². The Morgan fingerprint density at radius 1 is 1.00 bits per heavy atom. The molecule has 0 spiro atoms. The topological polar surface area (TPSA) is 59.6 Å². The van der Waals surface area contributed by atoms with Crippen molar-refractivity contribution in [2.75, 3.05) is 11.9 Å². The third-order valence-corrected chi connectivity index (χ3v) is 3.24. The normalized spacial score (nSPS) is 11.6. The van der Waals surface area contributed by atoms with Crippen molar-refractivity contribution >= 4 is 35.6 Å². The first kappa shape index (κ1) is 22.1. The molecule has 2 aromatic carbocycles. The monoisotopic (exact) mass is 479 g/mol. The SMILES string of the molecule is I.NC(=NCCCCC(F)(F)F)Nc1cccc(Oc2ccccc2)c1. The van der Waals surface area contributed by atoms with Crippen LogP contribution in [0.3, 0.4) is 0 Å². The summed E-state index contributed by atoms with van der Waals surface area (Å²) in [5, 5.41) is 2.90. The second-order valence-electron chi connectivity index (χ2n) is 5.41. The van der Waals surface area contributed by atoms with Crippen LogP contribution in [0.25, 0.3) is 0 Å². The summed E-state index contributed by atoms with van der Waals surface area (Å²) in [6, 6.07) is 16.5. The standard InChI is InChI=1S/C18H20F3N3O.HI/c19-18(20,21)11-4-5-12-23-17(22)24-14-7-6-10-16(13-14)25-15-8-2-1-3-9-15;/h1-3,6-10,13H,4-5,11-12H2,(H3,22,23,24);1H. The number of nitrogens with two attached hydrogens (primary N) is 1. The molecule has 0 saturated carbocycles. The lowest BCUT2D eigenvalue weighted by molar-refractivity contribution is -0.135. The zero-order chi connectivity index (χ0) is 18.1. The van der Waals surface area contributed by atoms with Gasteiger partial charge in [0.2, 0.25) is 0 Å². The van der Waals surface area contributed by atoms with Crippen LogP contribution in [0.2, 0.25) is 0 Å². The number of ether oxygens (including phenoxy) is 1. The summed E-state index contributed by atoms with van der Waals surface area (Å²) < 4.78 is 41.8. The molecule has 0 aromatic heterocycles. The minimum absolute atomic E-state index is 0. The number of nitrogens with one attached hydrogen (secondary N) is 1. The molecule has 0 aliphatic rings. The molecule has 2 aromatic rings. The molecule has 4 nitrogen and oxygen atoms in total. The number of rotatable bonds is 7. The van der Waals surface area contributed by atoms with Crippen LogP contribution in [-0.4, -0.2) is 18.7 Å². The Hall–Kier alpha value is -1.97. The highest BCUT2D eigenvalue weighted by molar-refractivity contribution is 14.0. The molecule has 0 amide bonds. The van der Waals surface area contributed by atoms with Gasteiger partial charge < -0.3 is 15.8 Å². The number of hydrogen-bond acceptors (Lipinski definition) is 2. The van der Waals surface area contributed by atoms with Gasteiger partial charge in [-0.1, -0.05) is 24.3 Å². The van der Waals surface area contributed by atoms with Crippen molar-refractivity contribution in [3.8, 4) is 11.5 Å². The van der Waals surface area contributed by atoms with E-state index in [-0.39, 0.29) is 42.9 Å². The molecule has 142 valence electrons. The zero-order valence-corrected chi connectivity index (χ0v) is 16.3. The number of halogens is 4. The van der Waals surface area contributed by atoms with Crippen LogP contribution in [0.1, 0.15) is 19.3 Å². The molecule has 0 heterocycles. The lowest BCUT2D eigenvalue weighted by Gasteiger charge is -2.09. The van der Waals surface area contributed by atoms with E-state index < -0.39 is 12.6 Å². The molecular weight excluding hydrogens is 458 g/mol. The van der Waals surface area contributed by atoms with E-state index in [4.69, 9.17) is 10.5 Å². The van der Waals surface area contributed by atoms with Gasteiger partial charge in [0.1, 0.15) is 11.5 Å². The van der Waals surface area contributed by atoms with E-state index in [1.807, 2.05) is 36.4 Å². The Morgan fingerprint density at radius 2 is 1.69 bits per heavy atom. The Kier molecular flexibility index (Phi) is 9.25. The number of nitrogens with zero attached hydrogens (tertiary/aromatic N) is 1. The van der Waals surface area contributed by atoms with Crippen LogP contribution in [0, 0.1) is 0 Å². The van der Waals surface area contributed by atoms with E-state index in [9.17, 15) is 13.2 Å². The Bertz CT molecular complexity index is 694. The van der Waals surface area contributed by atoms with Crippen molar-refractivity contribution in [2.45, 2.75) is 25.4 Å². The summed E-state index contributed by atoms with van der Waals surface area (Å²) in [6.45, 7) is 0.245. The molecule has 26 heavy (non-hydrogen) atoms. The van der Waals surface area contributed by atoms with Crippen LogP contribution < -0.4 is 15.8 Å².